The van der Waals surface area contributed by atoms with E-state index in [1.165, 1.54) is 5.56 Å². The molecule has 0 bridgehead atoms. The van der Waals surface area contributed by atoms with E-state index in [4.69, 9.17) is 4.74 Å². The van der Waals surface area contributed by atoms with Crippen molar-refractivity contribution in [2.45, 2.75) is 33.1 Å². The van der Waals surface area contributed by atoms with Gasteiger partial charge in [0.25, 0.3) is 0 Å². The minimum absolute atomic E-state index is 0.140. The number of methoxy groups -OCH3 is 1. The highest BCUT2D eigenvalue weighted by Gasteiger charge is 2.41. The van der Waals surface area contributed by atoms with Crippen molar-refractivity contribution in [1.29, 1.82) is 0 Å². The number of piperidine rings is 1. The highest BCUT2D eigenvalue weighted by Crippen LogP contribution is 2.38. The van der Waals surface area contributed by atoms with Crippen LogP contribution in [0.25, 0.3) is 0 Å². The largest absolute Gasteiger partial charge is 0.497 e. The van der Waals surface area contributed by atoms with Crippen molar-refractivity contribution in [1.82, 2.24) is 5.32 Å². The first-order valence-electron chi connectivity index (χ1n) is 6.91. The van der Waals surface area contributed by atoms with Crippen LogP contribution in [0.15, 0.2) is 24.3 Å². The number of aryl methyl sites for hydroxylation is 1. The molecule has 2 unspecified atom stereocenters. The molecule has 1 saturated heterocycles. The van der Waals surface area contributed by atoms with Gasteiger partial charge in [0, 0.05) is 12.3 Å². The van der Waals surface area contributed by atoms with Crippen molar-refractivity contribution < 1.29 is 14.3 Å². The van der Waals surface area contributed by atoms with Crippen LogP contribution < -0.4 is 10.1 Å². The standard InChI is InChI=1S/C16H21NO3/c1-11-15(19)17-14(18)10-16(11,2)9-8-12-4-6-13(20-3)7-5-12/h4-7,11H,8-10H2,1-3H3,(H,17,18,19). The molecule has 0 aliphatic carbocycles. The fourth-order valence-corrected chi connectivity index (χ4v) is 2.65. The number of hydrogen-bond donors (Lipinski definition) is 1. The van der Waals surface area contributed by atoms with E-state index in [9.17, 15) is 9.59 Å². The van der Waals surface area contributed by atoms with E-state index in [0.29, 0.717) is 6.42 Å². The summed E-state index contributed by atoms with van der Waals surface area (Å²) in [6.45, 7) is 3.92. The second-order valence-corrected chi connectivity index (χ2v) is 5.81. The molecule has 1 aromatic rings. The van der Waals surface area contributed by atoms with Gasteiger partial charge in [0.2, 0.25) is 11.8 Å². The van der Waals surface area contributed by atoms with Crippen LogP contribution in [0.5, 0.6) is 5.75 Å². The minimum atomic E-state index is -0.265. The summed E-state index contributed by atoms with van der Waals surface area (Å²) in [5.74, 6) is 0.378. The quantitative estimate of drug-likeness (QED) is 0.858. The smallest absolute Gasteiger partial charge is 0.229 e. The molecule has 1 aliphatic heterocycles. The van der Waals surface area contributed by atoms with Crippen LogP contribution in [0, 0.1) is 11.3 Å². The third kappa shape index (κ3) is 3.00. The Bertz CT molecular complexity index is 509. The molecular weight excluding hydrogens is 254 g/mol. The van der Waals surface area contributed by atoms with E-state index in [1.807, 2.05) is 38.1 Å². The van der Waals surface area contributed by atoms with Gasteiger partial charge in [-0.15, -0.1) is 0 Å². The second-order valence-electron chi connectivity index (χ2n) is 5.81. The molecule has 2 rings (SSSR count). The Labute approximate surface area is 119 Å². The number of carbonyl (C=O) groups excluding carboxylic acids is 2. The maximum Gasteiger partial charge on any atom is 0.229 e. The topological polar surface area (TPSA) is 55.4 Å². The average molecular weight is 275 g/mol. The number of amides is 2. The maximum absolute atomic E-state index is 11.8. The lowest BCUT2D eigenvalue weighted by molar-refractivity contribution is -0.142. The van der Waals surface area contributed by atoms with Crippen molar-refractivity contribution in [3.05, 3.63) is 29.8 Å². The molecule has 0 saturated carbocycles. The number of imide groups is 1. The summed E-state index contributed by atoms with van der Waals surface area (Å²) in [4.78, 5) is 23.3. The maximum atomic E-state index is 11.8. The van der Waals surface area contributed by atoms with Gasteiger partial charge in [-0.25, -0.2) is 0 Å². The van der Waals surface area contributed by atoms with Crippen molar-refractivity contribution in [3.8, 4) is 5.75 Å². The monoisotopic (exact) mass is 275 g/mol. The van der Waals surface area contributed by atoms with Gasteiger partial charge < -0.3 is 4.74 Å². The molecule has 1 fully saturated rings. The Balaban J connectivity index is 2.03. The molecule has 2 atom stereocenters. The summed E-state index contributed by atoms with van der Waals surface area (Å²) in [5.41, 5.74) is 0.928. The van der Waals surface area contributed by atoms with E-state index in [-0.39, 0.29) is 23.1 Å². The van der Waals surface area contributed by atoms with Crippen molar-refractivity contribution >= 4 is 11.8 Å². The van der Waals surface area contributed by atoms with Gasteiger partial charge in [0.05, 0.1) is 7.11 Å². The molecule has 2 amide bonds. The molecule has 4 heteroatoms. The number of benzene rings is 1. The molecule has 1 heterocycles. The van der Waals surface area contributed by atoms with Crippen molar-refractivity contribution in [3.63, 3.8) is 0 Å². The first-order valence-corrected chi connectivity index (χ1v) is 6.91. The Morgan fingerprint density at radius 3 is 2.55 bits per heavy atom. The zero-order chi connectivity index (χ0) is 14.8. The Kier molecular flexibility index (Phi) is 4.12. The summed E-state index contributed by atoms with van der Waals surface area (Å²) in [6.07, 6.45) is 2.08. The van der Waals surface area contributed by atoms with Crippen LogP contribution in [0.3, 0.4) is 0 Å². The van der Waals surface area contributed by atoms with Crippen LogP contribution in [-0.2, 0) is 16.0 Å². The molecule has 108 valence electrons. The van der Waals surface area contributed by atoms with Crippen LogP contribution in [0.2, 0.25) is 0 Å². The number of rotatable bonds is 4. The number of ether oxygens (including phenoxy) is 1. The first kappa shape index (κ1) is 14.6. The van der Waals surface area contributed by atoms with Crippen LogP contribution in [-0.4, -0.2) is 18.9 Å². The molecule has 20 heavy (non-hydrogen) atoms. The Hall–Kier alpha value is -1.84. The normalized spacial score (nSPS) is 26.2. The van der Waals surface area contributed by atoms with Gasteiger partial charge in [-0.2, -0.15) is 0 Å². The van der Waals surface area contributed by atoms with E-state index >= 15 is 0 Å². The van der Waals surface area contributed by atoms with E-state index < -0.39 is 0 Å². The lowest BCUT2D eigenvalue weighted by atomic mass is 9.69. The molecule has 1 N–H and O–H groups in total. The third-order valence-electron chi connectivity index (χ3n) is 4.41. The van der Waals surface area contributed by atoms with Gasteiger partial charge in [-0.05, 0) is 36.0 Å². The predicted octanol–water partition coefficient (Wildman–Crippen LogP) is 2.32. The van der Waals surface area contributed by atoms with Gasteiger partial charge in [0.15, 0.2) is 0 Å². The third-order valence-corrected chi connectivity index (χ3v) is 4.41. The van der Waals surface area contributed by atoms with Gasteiger partial charge in [-0.1, -0.05) is 26.0 Å². The lowest BCUT2D eigenvalue weighted by Gasteiger charge is -2.38. The Morgan fingerprint density at radius 1 is 1.30 bits per heavy atom. The van der Waals surface area contributed by atoms with E-state index in [0.717, 1.165) is 18.6 Å². The summed E-state index contributed by atoms with van der Waals surface area (Å²) in [5, 5.41) is 2.40. The SMILES string of the molecule is COc1ccc(CCC2(C)CC(=O)NC(=O)C2C)cc1. The fourth-order valence-electron chi connectivity index (χ4n) is 2.65. The molecule has 4 nitrogen and oxygen atoms in total. The number of carbonyl (C=O) groups is 2. The highest BCUT2D eigenvalue weighted by molar-refractivity contribution is 5.99. The van der Waals surface area contributed by atoms with Gasteiger partial charge >= 0.3 is 0 Å². The second kappa shape index (κ2) is 5.65. The molecular formula is C16H21NO3. The minimum Gasteiger partial charge on any atom is -0.497 e. The summed E-state index contributed by atoms with van der Waals surface area (Å²) < 4.78 is 5.13. The van der Waals surface area contributed by atoms with Crippen molar-refractivity contribution in [2.24, 2.45) is 11.3 Å². The molecule has 0 spiro atoms. The zero-order valence-corrected chi connectivity index (χ0v) is 12.2. The average Bonchev–Trinajstić information content (AvgIpc) is 2.43. The highest BCUT2D eigenvalue weighted by atomic mass is 16.5. The van der Waals surface area contributed by atoms with Crippen LogP contribution >= 0.6 is 0 Å². The molecule has 0 radical (unpaired) electrons. The number of nitrogens with one attached hydrogen (secondary N) is 1. The summed E-state index contributed by atoms with van der Waals surface area (Å²) in [7, 11) is 1.64. The molecule has 0 aromatic heterocycles. The summed E-state index contributed by atoms with van der Waals surface area (Å²) >= 11 is 0. The van der Waals surface area contributed by atoms with Crippen LogP contribution in [0.4, 0.5) is 0 Å². The zero-order valence-electron chi connectivity index (χ0n) is 12.2. The van der Waals surface area contributed by atoms with E-state index in [2.05, 4.69) is 5.32 Å². The fraction of sp³-hybridized carbons (Fsp3) is 0.500. The Morgan fingerprint density at radius 2 is 1.95 bits per heavy atom. The predicted molar refractivity (Wildman–Crippen MR) is 76.4 cm³/mol. The molecule has 1 aromatic carbocycles. The van der Waals surface area contributed by atoms with Gasteiger partial charge in [-0.3, -0.25) is 14.9 Å². The number of hydrogen-bond acceptors (Lipinski definition) is 3. The van der Waals surface area contributed by atoms with Crippen LogP contribution in [0.1, 0.15) is 32.3 Å². The molecule has 1 aliphatic rings. The van der Waals surface area contributed by atoms with Gasteiger partial charge in [0.1, 0.15) is 5.75 Å². The van der Waals surface area contributed by atoms with E-state index in [1.54, 1.807) is 7.11 Å². The summed E-state index contributed by atoms with van der Waals surface area (Å²) in [6, 6.07) is 7.91. The first-order chi connectivity index (χ1) is 9.44. The lowest BCUT2D eigenvalue weighted by Crippen LogP contribution is -2.49. The van der Waals surface area contributed by atoms with Crippen molar-refractivity contribution in [2.75, 3.05) is 7.11 Å².